The second-order valence-corrected chi connectivity index (χ2v) is 5.48. The summed E-state index contributed by atoms with van der Waals surface area (Å²) < 4.78 is 21.9. The van der Waals surface area contributed by atoms with Crippen LogP contribution in [0.3, 0.4) is 0 Å². The van der Waals surface area contributed by atoms with E-state index >= 15 is 0 Å². The zero-order chi connectivity index (χ0) is 9.19. The van der Waals surface area contributed by atoms with Gasteiger partial charge in [-0.2, -0.15) is 0 Å². The van der Waals surface area contributed by atoms with E-state index in [-0.39, 0.29) is 5.25 Å². The van der Waals surface area contributed by atoms with Crippen molar-refractivity contribution in [2.75, 3.05) is 0 Å². The minimum absolute atomic E-state index is 0.264. The molecule has 1 saturated carbocycles. The molecule has 0 bridgehead atoms. The third-order valence-corrected chi connectivity index (χ3v) is 4.24. The van der Waals surface area contributed by atoms with Crippen LogP contribution in [0.4, 0.5) is 0 Å². The van der Waals surface area contributed by atoms with Crippen LogP contribution < -0.4 is 5.14 Å². The molecule has 0 aromatic heterocycles. The van der Waals surface area contributed by atoms with Gasteiger partial charge in [0.2, 0.25) is 10.0 Å². The van der Waals surface area contributed by atoms with Crippen LogP contribution >= 0.6 is 0 Å². The van der Waals surface area contributed by atoms with Crippen LogP contribution in [-0.2, 0) is 10.0 Å². The molecule has 0 radical (unpaired) electrons. The average Bonchev–Trinajstić information content (AvgIpc) is 2.03. The minimum atomic E-state index is -3.26. The zero-order valence-corrected chi connectivity index (χ0v) is 8.31. The Balaban J connectivity index is 2.47. The molecule has 0 heterocycles. The highest BCUT2D eigenvalue weighted by molar-refractivity contribution is 7.89. The van der Waals surface area contributed by atoms with E-state index in [1.165, 1.54) is 0 Å². The van der Waals surface area contributed by atoms with Crippen molar-refractivity contribution in [3.8, 4) is 0 Å². The van der Waals surface area contributed by atoms with Crippen molar-refractivity contribution in [3.63, 3.8) is 0 Å². The lowest BCUT2D eigenvalue weighted by Crippen LogP contribution is -2.32. The Hall–Kier alpha value is -0.0900. The number of primary sulfonamides is 1. The number of nitrogens with two attached hydrogens (primary N) is 1. The SMILES string of the molecule is CCC1CCC(S(N)(=O)=O)CC1. The molecule has 0 saturated heterocycles. The molecule has 0 aliphatic heterocycles. The molecule has 1 fully saturated rings. The van der Waals surface area contributed by atoms with Gasteiger partial charge >= 0.3 is 0 Å². The van der Waals surface area contributed by atoms with Crippen LogP contribution in [0.25, 0.3) is 0 Å². The lowest BCUT2D eigenvalue weighted by molar-refractivity contribution is 0.348. The first-order valence-corrected chi connectivity index (χ1v) is 6.16. The maximum absolute atomic E-state index is 11.0. The third-order valence-electron chi connectivity index (χ3n) is 2.84. The molecule has 0 unspecified atom stereocenters. The van der Waals surface area contributed by atoms with Crippen molar-refractivity contribution in [1.29, 1.82) is 0 Å². The first-order valence-electron chi connectivity index (χ1n) is 4.55. The topological polar surface area (TPSA) is 60.2 Å². The quantitative estimate of drug-likeness (QED) is 0.714. The monoisotopic (exact) mass is 191 g/mol. The van der Waals surface area contributed by atoms with Gasteiger partial charge in [-0.15, -0.1) is 0 Å². The van der Waals surface area contributed by atoms with Crippen LogP contribution in [-0.4, -0.2) is 13.7 Å². The van der Waals surface area contributed by atoms with E-state index in [4.69, 9.17) is 5.14 Å². The molecule has 0 atom stereocenters. The summed E-state index contributed by atoms with van der Waals surface area (Å²) in [6.07, 6.45) is 4.74. The molecule has 0 aromatic rings. The Kier molecular flexibility index (Phi) is 3.12. The summed E-state index contributed by atoms with van der Waals surface area (Å²) in [4.78, 5) is 0. The smallest absolute Gasteiger partial charge is 0.211 e. The van der Waals surface area contributed by atoms with Gasteiger partial charge in [0.1, 0.15) is 0 Å². The Morgan fingerprint density at radius 3 is 2.08 bits per heavy atom. The van der Waals surface area contributed by atoms with E-state index in [0.717, 1.165) is 38.0 Å². The molecule has 0 aromatic carbocycles. The van der Waals surface area contributed by atoms with Gasteiger partial charge in [0.25, 0.3) is 0 Å². The molecule has 1 aliphatic carbocycles. The molecule has 12 heavy (non-hydrogen) atoms. The van der Waals surface area contributed by atoms with Crippen molar-refractivity contribution in [3.05, 3.63) is 0 Å². The van der Waals surface area contributed by atoms with Gasteiger partial charge in [0.15, 0.2) is 0 Å². The number of hydrogen-bond acceptors (Lipinski definition) is 2. The highest BCUT2D eigenvalue weighted by Gasteiger charge is 2.27. The van der Waals surface area contributed by atoms with Gasteiger partial charge in [-0.3, -0.25) is 0 Å². The fraction of sp³-hybridized carbons (Fsp3) is 1.00. The number of sulfonamides is 1. The van der Waals surface area contributed by atoms with E-state index in [2.05, 4.69) is 6.92 Å². The normalized spacial score (nSPS) is 31.8. The lowest BCUT2D eigenvalue weighted by Gasteiger charge is -2.25. The van der Waals surface area contributed by atoms with Crippen molar-refractivity contribution in [2.24, 2.45) is 11.1 Å². The number of rotatable bonds is 2. The third kappa shape index (κ3) is 2.45. The summed E-state index contributed by atoms with van der Waals surface area (Å²) in [6.45, 7) is 2.15. The van der Waals surface area contributed by atoms with E-state index in [1.807, 2.05) is 0 Å². The van der Waals surface area contributed by atoms with Crippen LogP contribution in [0.5, 0.6) is 0 Å². The van der Waals surface area contributed by atoms with E-state index in [1.54, 1.807) is 0 Å². The summed E-state index contributed by atoms with van der Waals surface area (Å²) in [5, 5.41) is 4.81. The summed E-state index contributed by atoms with van der Waals surface area (Å²) >= 11 is 0. The molecule has 1 aliphatic rings. The first kappa shape index (κ1) is 9.99. The molecule has 0 amide bonds. The van der Waals surface area contributed by atoms with E-state index in [0.29, 0.717) is 0 Å². The number of hydrogen-bond donors (Lipinski definition) is 1. The van der Waals surface area contributed by atoms with Crippen molar-refractivity contribution in [1.82, 2.24) is 0 Å². The van der Waals surface area contributed by atoms with Crippen molar-refractivity contribution in [2.45, 2.75) is 44.3 Å². The summed E-state index contributed by atoms with van der Waals surface area (Å²) in [7, 11) is -3.26. The molecule has 2 N–H and O–H groups in total. The Labute approximate surface area is 74.4 Å². The highest BCUT2D eigenvalue weighted by atomic mass is 32.2. The highest BCUT2D eigenvalue weighted by Crippen LogP contribution is 2.29. The molecule has 4 heteroatoms. The van der Waals surface area contributed by atoms with Gasteiger partial charge in [-0.25, -0.2) is 13.6 Å². The molecular formula is C8H17NO2S. The summed E-state index contributed by atoms with van der Waals surface area (Å²) in [5.74, 6) is 0.725. The standard InChI is InChI=1S/C8H17NO2S/c1-2-7-3-5-8(6-4-7)12(9,10)11/h7-8H,2-6H2,1H3,(H2,9,10,11). The van der Waals surface area contributed by atoms with Crippen LogP contribution in [0.15, 0.2) is 0 Å². The Bertz CT molecular complexity index is 227. The second kappa shape index (κ2) is 3.75. The van der Waals surface area contributed by atoms with E-state index in [9.17, 15) is 8.42 Å². The predicted molar refractivity (Wildman–Crippen MR) is 49.1 cm³/mol. The van der Waals surface area contributed by atoms with Crippen LogP contribution in [0.2, 0.25) is 0 Å². The van der Waals surface area contributed by atoms with Crippen molar-refractivity contribution >= 4 is 10.0 Å². The first-order chi connectivity index (χ1) is 5.54. The molecule has 1 rings (SSSR count). The van der Waals surface area contributed by atoms with Crippen LogP contribution in [0, 0.1) is 5.92 Å². The van der Waals surface area contributed by atoms with Gasteiger partial charge in [-0.1, -0.05) is 13.3 Å². The van der Waals surface area contributed by atoms with Gasteiger partial charge < -0.3 is 0 Å². The van der Waals surface area contributed by atoms with E-state index < -0.39 is 10.0 Å². The fourth-order valence-electron chi connectivity index (χ4n) is 1.87. The summed E-state index contributed by atoms with van der Waals surface area (Å²) in [5.41, 5.74) is 0. The average molecular weight is 191 g/mol. The molecule has 3 nitrogen and oxygen atoms in total. The minimum Gasteiger partial charge on any atom is -0.228 e. The van der Waals surface area contributed by atoms with Gasteiger partial charge in [-0.05, 0) is 31.6 Å². The zero-order valence-electron chi connectivity index (χ0n) is 7.49. The lowest BCUT2D eigenvalue weighted by atomic mass is 9.87. The maximum atomic E-state index is 11.0. The largest absolute Gasteiger partial charge is 0.228 e. The maximum Gasteiger partial charge on any atom is 0.211 e. The van der Waals surface area contributed by atoms with Crippen LogP contribution in [0.1, 0.15) is 39.0 Å². The Morgan fingerprint density at radius 2 is 1.75 bits per heavy atom. The second-order valence-electron chi connectivity index (χ2n) is 3.64. The predicted octanol–water partition coefficient (Wildman–Crippen LogP) is 1.24. The molecule has 72 valence electrons. The molecular weight excluding hydrogens is 174 g/mol. The Morgan fingerprint density at radius 1 is 1.25 bits per heavy atom. The fourth-order valence-corrected chi connectivity index (χ4v) is 2.80. The molecule has 0 spiro atoms. The summed E-state index contributed by atoms with van der Waals surface area (Å²) in [6, 6.07) is 0. The van der Waals surface area contributed by atoms with Crippen molar-refractivity contribution < 1.29 is 8.42 Å². The van der Waals surface area contributed by atoms with Gasteiger partial charge in [0, 0.05) is 0 Å². The van der Waals surface area contributed by atoms with Gasteiger partial charge in [0.05, 0.1) is 5.25 Å².